The number of hydrogen-bond acceptors (Lipinski definition) is 3. The molecule has 0 saturated heterocycles. The lowest BCUT2D eigenvalue weighted by atomic mass is 10.0. The molecule has 0 aliphatic heterocycles. The first-order valence-corrected chi connectivity index (χ1v) is 5.70. The Morgan fingerprint density at radius 2 is 1.83 bits per heavy atom. The number of halogens is 2. The summed E-state index contributed by atoms with van der Waals surface area (Å²) in [6.45, 7) is 0. The fraction of sp³-hybridized carbons (Fsp3) is 0.0833. The second-order valence-corrected chi connectivity index (χ2v) is 4.36. The molecule has 94 valence electrons. The molecular weight excluding hydrogens is 279 g/mol. The molecule has 0 fully saturated rings. The third-order valence-electron chi connectivity index (χ3n) is 2.45. The smallest absolute Gasteiger partial charge is 0.339 e. The van der Waals surface area contributed by atoms with Gasteiger partial charge in [0.15, 0.2) is 5.76 Å². The Hall–Kier alpha value is -1.49. The van der Waals surface area contributed by atoms with Crippen molar-refractivity contribution in [3.05, 3.63) is 57.5 Å². The molecule has 0 saturated carbocycles. The molecule has 2 N–H and O–H groups in total. The van der Waals surface area contributed by atoms with Gasteiger partial charge in [-0.2, -0.15) is 0 Å². The zero-order valence-corrected chi connectivity index (χ0v) is 10.4. The van der Waals surface area contributed by atoms with Gasteiger partial charge in [0, 0.05) is 15.6 Å². The Morgan fingerprint density at radius 3 is 2.39 bits per heavy atom. The molecule has 1 aromatic heterocycles. The molecule has 0 amide bonds. The summed E-state index contributed by atoms with van der Waals surface area (Å²) in [4.78, 5) is 11.0. The van der Waals surface area contributed by atoms with Crippen molar-refractivity contribution >= 4 is 29.2 Å². The zero-order chi connectivity index (χ0) is 13.3. The molecule has 4 nitrogen and oxygen atoms in total. The number of benzene rings is 1. The summed E-state index contributed by atoms with van der Waals surface area (Å²) in [7, 11) is 0. The van der Waals surface area contributed by atoms with Crippen LogP contribution in [-0.4, -0.2) is 16.2 Å². The van der Waals surface area contributed by atoms with Crippen LogP contribution in [0.15, 0.2) is 34.9 Å². The van der Waals surface area contributed by atoms with Crippen LogP contribution in [0.25, 0.3) is 0 Å². The van der Waals surface area contributed by atoms with Crippen LogP contribution in [0.1, 0.15) is 27.8 Å². The Morgan fingerprint density at radius 1 is 1.22 bits per heavy atom. The van der Waals surface area contributed by atoms with Crippen molar-refractivity contribution in [3.8, 4) is 0 Å². The van der Waals surface area contributed by atoms with Crippen LogP contribution in [0.5, 0.6) is 0 Å². The number of furan rings is 1. The van der Waals surface area contributed by atoms with Gasteiger partial charge in [0.05, 0.1) is 6.26 Å². The van der Waals surface area contributed by atoms with Crippen LogP contribution in [0.2, 0.25) is 10.0 Å². The predicted molar refractivity (Wildman–Crippen MR) is 66.2 cm³/mol. The van der Waals surface area contributed by atoms with Gasteiger partial charge in [-0.3, -0.25) is 0 Å². The van der Waals surface area contributed by atoms with E-state index in [1.807, 2.05) is 0 Å². The zero-order valence-electron chi connectivity index (χ0n) is 8.93. The number of aliphatic hydroxyl groups is 1. The van der Waals surface area contributed by atoms with Crippen molar-refractivity contribution in [3.63, 3.8) is 0 Å². The molecule has 1 heterocycles. The van der Waals surface area contributed by atoms with E-state index in [0.717, 1.165) is 0 Å². The molecule has 1 atom stereocenters. The van der Waals surface area contributed by atoms with E-state index in [2.05, 4.69) is 0 Å². The van der Waals surface area contributed by atoms with Crippen LogP contribution in [-0.2, 0) is 0 Å². The minimum Gasteiger partial charge on any atom is -0.478 e. The maximum absolute atomic E-state index is 11.0. The molecule has 0 bridgehead atoms. The van der Waals surface area contributed by atoms with E-state index in [0.29, 0.717) is 0 Å². The minimum atomic E-state index is -1.33. The van der Waals surface area contributed by atoms with E-state index in [9.17, 15) is 9.90 Å². The summed E-state index contributed by atoms with van der Waals surface area (Å²) in [5.41, 5.74) is 0.0942. The maximum Gasteiger partial charge on any atom is 0.339 e. The van der Waals surface area contributed by atoms with Crippen molar-refractivity contribution in [2.24, 2.45) is 0 Å². The Bertz CT molecular complexity index is 571. The van der Waals surface area contributed by atoms with Crippen LogP contribution < -0.4 is 0 Å². The van der Waals surface area contributed by atoms with E-state index in [-0.39, 0.29) is 26.9 Å². The first-order chi connectivity index (χ1) is 8.52. The van der Waals surface area contributed by atoms with Crippen molar-refractivity contribution in [2.75, 3.05) is 0 Å². The fourth-order valence-electron chi connectivity index (χ4n) is 1.61. The van der Waals surface area contributed by atoms with Gasteiger partial charge >= 0.3 is 5.97 Å². The second kappa shape index (κ2) is 5.02. The van der Waals surface area contributed by atoms with E-state index < -0.39 is 12.1 Å². The summed E-state index contributed by atoms with van der Waals surface area (Å²) in [6.07, 6.45) is -0.139. The number of hydrogen-bond donors (Lipinski definition) is 2. The highest BCUT2D eigenvalue weighted by Crippen LogP contribution is 2.35. The van der Waals surface area contributed by atoms with Crippen LogP contribution >= 0.6 is 23.2 Å². The lowest BCUT2D eigenvalue weighted by Crippen LogP contribution is -2.06. The monoisotopic (exact) mass is 286 g/mol. The molecule has 0 radical (unpaired) electrons. The van der Waals surface area contributed by atoms with Crippen molar-refractivity contribution in [1.82, 2.24) is 0 Å². The van der Waals surface area contributed by atoms with E-state index in [1.165, 1.54) is 12.3 Å². The predicted octanol–water partition coefficient (Wildman–Crippen LogP) is 3.37. The maximum atomic E-state index is 11.0. The van der Waals surface area contributed by atoms with Gasteiger partial charge in [-0.15, -0.1) is 0 Å². The lowest BCUT2D eigenvalue weighted by molar-refractivity contribution is 0.0687. The quantitative estimate of drug-likeness (QED) is 0.908. The number of carbonyl (C=O) groups is 1. The first kappa shape index (κ1) is 13.0. The third kappa shape index (κ3) is 2.22. The van der Waals surface area contributed by atoms with Gasteiger partial charge in [-0.1, -0.05) is 29.3 Å². The van der Waals surface area contributed by atoms with Crippen LogP contribution in [0, 0.1) is 0 Å². The number of aliphatic hydroxyl groups excluding tert-OH is 1. The van der Waals surface area contributed by atoms with Crippen molar-refractivity contribution in [1.29, 1.82) is 0 Å². The standard InChI is InChI=1S/C12H8Cl2O4/c13-7-2-1-3-8(14)9(7)10(15)11-6(12(16)17)4-5-18-11/h1-5,10,15H,(H,16,17). The Kier molecular flexibility index (Phi) is 3.61. The molecule has 1 aromatic carbocycles. The molecule has 2 rings (SSSR count). The number of aromatic carboxylic acids is 1. The Labute approximate surface area is 112 Å². The minimum absolute atomic E-state index is 0.0995. The summed E-state index contributed by atoms with van der Waals surface area (Å²) in [6, 6.07) is 5.98. The molecular formula is C12H8Cl2O4. The average Bonchev–Trinajstić information content (AvgIpc) is 2.77. The topological polar surface area (TPSA) is 70.7 Å². The van der Waals surface area contributed by atoms with Gasteiger partial charge in [-0.25, -0.2) is 4.79 Å². The fourth-order valence-corrected chi connectivity index (χ4v) is 2.22. The molecule has 1 unspecified atom stereocenters. The van der Waals surface area contributed by atoms with E-state index in [1.54, 1.807) is 18.2 Å². The number of rotatable bonds is 3. The van der Waals surface area contributed by atoms with Gasteiger partial charge in [-0.05, 0) is 18.2 Å². The number of carboxylic acid groups (broad SMARTS) is 1. The van der Waals surface area contributed by atoms with E-state index in [4.69, 9.17) is 32.7 Å². The largest absolute Gasteiger partial charge is 0.478 e. The van der Waals surface area contributed by atoms with Gasteiger partial charge in [0.25, 0.3) is 0 Å². The van der Waals surface area contributed by atoms with Crippen LogP contribution in [0.4, 0.5) is 0 Å². The summed E-state index contributed by atoms with van der Waals surface area (Å²) < 4.78 is 5.00. The highest BCUT2D eigenvalue weighted by Gasteiger charge is 2.25. The highest BCUT2D eigenvalue weighted by molar-refractivity contribution is 6.36. The van der Waals surface area contributed by atoms with E-state index >= 15 is 0 Å². The number of carboxylic acids is 1. The molecule has 0 aliphatic rings. The normalized spacial score (nSPS) is 12.4. The lowest BCUT2D eigenvalue weighted by Gasteiger charge is -2.13. The van der Waals surface area contributed by atoms with Crippen molar-refractivity contribution in [2.45, 2.75) is 6.10 Å². The molecule has 0 spiro atoms. The molecule has 18 heavy (non-hydrogen) atoms. The second-order valence-electron chi connectivity index (χ2n) is 3.54. The summed E-state index contributed by atoms with van der Waals surface area (Å²) >= 11 is 11.9. The third-order valence-corrected chi connectivity index (χ3v) is 3.11. The SMILES string of the molecule is O=C(O)c1ccoc1C(O)c1c(Cl)cccc1Cl. The van der Waals surface area contributed by atoms with Gasteiger partial charge in [0.1, 0.15) is 11.7 Å². The Balaban J connectivity index is 2.51. The van der Waals surface area contributed by atoms with Crippen LogP contribution in [0.3, 0.4) is 0 Å². The van der Waals surface area contributed by atoms with Gasteiger partial charge in [0.2, 0.25) is 0 Å². The van der Waals surface area contributed by atoms with Gasteiger partial charge < -0.3 is 14.6 Å². The highest BCUT2D eigenvalue weighted by atomic mass is 35.5. The summed E-state index contributed by atoms with van der Waals surface area (Å²) in [5, 5.41) is 19.6. The first-order valence-electron chi connectivity index (χ1n) is 4.95. The summed E-state index contributed by atoms with van der Waals surface area (Å²) in [5.74, 6) is -1.29. The molecule has 6 heteroatoms. The molecule has 0 aliphatic carbocycles. The van der Waals surface area contributed by atoms with Crippen molar-refractivity contribution < 1.29 is 19.4 Å². The average molecular weight is 287 g/mol. The molecule has 2 aromatic rings.